The predicted molar refractivity (Wildman–Crippen MR) is 62.9 cm³/mol. The largest absolute Gasteiger partial charge is 0.506 e. The molecule has 1 N–H and O–H groups in total. The van der Waals surface area contributed by atoms with Gasteiger partial charge in [0.15, 0.2) is 4.88 Å². The molecule has 5 heteroatoms. The maximum atomic E-state index is 11.2. The third-order valence-electron chi connectivity index (χ3n) is 1.62. The van der Waals surface area contributed by atoms with Gasteiger partial charge in [-0.25, -0.2) is 4.79 Å². The van der Waals surface area contributed by atoms with Gasteiger partial charge in [0.05, 0.1) is 11.3 Å². The van der Waals surface area contributed by atoms with E-state index in [2.05, 4.69) is 18.6 Å². The van der Waals surface area contributed by atoms with Gasteiger partial charge in [-0.1, -0.05) is 13.8 Å². The topological polar surface area (TPSA) is 46.5 Å². The van der Waals surface area contributed by atoms with Gasteiger partial charge in [0, 0.05) is 11.8 Å². The Kier molecular flexibility index (Phi) is 4.47. The normalized spacial score (nSPS) is 10.7. The highest BCUT2D eigenvalue weighted by Gasteiger charge is 2.16. The van der Waals surface area contributed by atoms with E-state index in [1.165, 1.54) is 18.4 Å². The van der Waals surface area contributed by atoms with Crippen LogP contribution in [0.15, 0.2) is 10.3 Å². The molecule has 0 aromatic carbocycles. The lowest BCUT2D eigenvalue weighted by Gasteiger charge is -2.00. The van der Waals surface area contributed by atoms with Crippen molar-refractivity contribution in [2.24, 2.45) is 5.92 Å². The van der Waals surface area contributed by atoms with Gasteiger partial charge in [-0.3, -0.25) is 0 Å². The molecule has 0 atom stereocenters. The molecular weight excluding hydrogens is 232 g/mol. The Bertz CT molecular complexity index is 344. The number of aromatic hydroxyl groups is 1. The number of hydrogen-bond acceptors (Lipinski definition) is 5. The molecule has 0 radical (unpaired) electrons. The van der Waals surface area contributed by atoms with Gasteiger partial charge in [-0.2, -0.15) is 0 Å². The summed E-state index contributed by atoms with van der Waals surface area (Å²) in [4.78, 5) is 11.5. The molecule has 0 saturated carbocycles. The smallest absolute Gasteiger partial charge is 0.351 e. The first-order valence-corrected chi connectivity index (χ1v) is 6.38. The first-order valence-electron chi connectivity index (χ1n) is 4.58. The van der Waals surface area contributed by atoms with Crippen LogP contribution in [0.2, 0.25) is 0 Å². The van der Waals surface area contributed by atoms with Gasteiger partial charge < -0.3 is 9.84 Å². The van der Waals surface area contributed by atoms with Gasteiger partial charge in [-0.15, -0.1) is 23.1 Å². The lowest BCUT2D eigenvalue weighted by Crippen LogP contribution is -1.97. The minimum atomic E-state index is -0.478. The molecule has 15 heavy (non-hydrogen) atoms. The SMILES string of the molecule is COC(=O)c1sc(SCC(C)C)cc1O. The molecule has 0 aliphatic carbocycles. The zero-order valence-electron chi connectivity index (χ0n) is 8.94. The molecule has 0 fully saturated rings. The van der Waals surface area contributed by atoms with Crippen LogP contribution in [0.5, 0.6) is 5.75 Å². The average Bonchev–Trinajstić information content (AvgIpc) is 2.55. The van der Waals surface area contributed by atoms with Crippen molar-refractivity contribution in [2.75, 3.05) is 12.9 Å². The summed E-state index contributed by atoms with van der Waals surface area (Å²) in [5.74, 6) is 1.09. The minimum absolute atomic E-state index is 0.0121. The number of carbonyl (C=O) groups excluding carboxylic acids is 1. The van der Waals surface area contributed by atoms with E-state index in [-0.39, 0.29) is 10.6 Å². The summed E-state index contributed by atoms with van der Waals surface area (Å²) >= 11 is 2.91. The number of thioether (sulfide) groups is 1. The monoisotopic (exact) mass is 246 g/mol. The molecule has 1 aromatic rings. The van der Waals surface area contributed by atoms with E-state index in [0.29, 0.717) is 5.92 Å². The van der Waals surface area contributed by atoms with Crippen LogP contribution in [-0.2, 0) is 4.74 Å². The number of hydrogen-bond donors (Lipinski definition) is 1. The van der Waals surface area contributed by atoms with Crippen LogP contribution < -0.4 is 0 Å². The Morgan fingerprint density at radius 3 is 2.87 bits per heavy atom. The van der Waals surface area contributed by atoms with Gasteiger partial charge in [-0.05, 0) is 5.92 Å². The highest BCUT2D eigenvalue weighted by molar-refractivity contribution is 8.01. The summed E-state index contributed by atoms with van der Waals surface area (Å²) < 4.78 is 5.50. The third-order valence-corrected chi connectivity index (χ3v) is 4.36. The second kappa shape index (κ2) is 5.42. The number of rotatable bonds is 4. The highest BCUT2D eigenvalue weighted by Crippen LogP contribution is 2.36. The molecule has 0 aliphatic rings. The molecule has 3 nitrogen and oxygen atoms in total. The molecule has 0 bridgehead atoms. The van der Waals surface area contributed by atoms with Crippen LogP contribution in [0.1, 0.15) is 23.5 Å². The Morgan fingerprint density at radius 2 is 2.33 bits per heavy atom. The van der Waals surface area contributed by atoms with Crippen LogP contribution in [0.25, 0.3) is 0 Å². The van der Waals surface area contributed by atoms with E-state index in [0.717, 1.165) is 9.96 Å². The van der Waals surface area contributed by atoms with Crippen molar-refractivity contribution >= 4 is 29.1 Å². The van der Waals surface area contributed by atoms with Crippen LogP contribution in [0, 0.1) is 5.92 Å². The Morgan fingerprint density at radius 1 is 1.67 bits per heavy atom. The Labute approximate surface area is 97.5 Å². The molecule has 0 amide bonds. The van der Waals surface area contributed by atoms with Crippen molar-refractivity contribution < 1.29 is 14.6 Å². The van der Waals surface area contributed by atoms with Crippen molar-refractivity contribution in [3.05, 3.63) is 10.9 Å². The molecule has 1 aromatic heterocycles. The van der Waals surface area contributed by atoms with Gasteiger partial charge in [0.1, 0.15) is 5.75 Å². The molecule has 84 valence electrons. The van der Waals surface area contributed by atoms with E-state index in [1.54, 1.807) is 17.8 Å². The first-order chi connectivity index (χ1) is 7.04. The fraction of sp³-hybridized carbons (Fsp3) is 0.500. The summed E-state index contributed by atoms with van der Waals surface area (Å²) in [7, 11) is 1.31. The number of esters is 1. The highest BCUT2D eigenvalue weighted by atomic mass is 32.2. The maximum Gasteiger partial charge on any atom is 0.351 e. The fourth-order valence-electron chi connectivity index (χ4n) is 0.918. The van der Waals surface area contributed by atoms with Gasteiger partial charge in [0.2, 0.25) is 0 Å². The molecule has 0 spiro atoms. The summed E-state index contributed by atoms with van der Waals surface area (Å²) in [6.07, 6.45) is 0. The Balaban J connectivity index is 2.72. The number of methoxy groups -OCH3 is 1. The first kappa shape index (κ1) is 12.4. The number of carbonyl (C=O) groups is 1. The van der Waals surface area contributed by atoms with E-state index >= 15 is 0 Å². The van der Waals surface area contributed by atoms with Gasteiger partial charge in [0.25, 0.3) is 0 Å². The minimum Gasteiger partial charge on any atom is -0.506 e. The van der Waals surface area contributed by atoms with Crippen molar-refractivity contribution in [3.63, 3.8) is 0 Å². The van der Waals surface area contributed by atoms with E-state index in [1.807, 2.05) is 0 Å². The third kappa shape index (κ3) is 3.43. The van der Waals surface area contributed by atoms with Crippen LogP contribution in [0.3, 0.4) is 0 Å². The Hall–Kier alpha value is -0.680. The standard InChI is InChI=1S/C10H14O3S2/c1-6(2)5-14-8-4-7(11)9(15-8)10(12)13-3/h4,6,11H,5H2,1-3H3. The molecular formula is C10H14O3S2. The zero-order chi connectivity index (χ0) is 11.4. The molecule has 1 rings (SSSR count). The second-order valence-electron chi connectivity index (χ2n) is 3.48. The lowest BCUT2D eigenvalue weighted by molar-refractivity contribution is 0.0603. The summed E-state index contributed by atoms with van der Waals surface area (Å²) in [6.45, 7) is 4.25. The second-order valence-corrected chi connectivity index (χ2v) is 5.85. The van der Waals surface area contributed by atoms with Crippen molar-refractivity contribution in [1.29, 1.82) is 0 Å². The lowest BCUT2D eigenvalue weighted by atomic mass is 10.3. The van der Waals surface area contributed by atoms with Crippen LogP contribution in [-0.4, -0.2) is 23.9 Å². The molecule has 0 unspecified atom stereocenters. The average molecular weight is 246 g/mol. The van der Waals surface area contributed by atoms with Crippen molar-refractivity contribution in [1.82, 2.24) is 0 Å². The summed E-state index contributed by atoms with van der Waals surface area (Å²) in [6, 6.07) is 1.62. The number of ether oxygens (including phenoxy) is 1. The summed E-state index contributed by atoms with van der Waals surface area (Å²) in [5.41, 5.74) is 0. The van der Waals surface area contributed by atoms with Gasteiger partial charge >= 0.3 is 5.97 Å². The van der Waals surface area contributed by atoms with Crippen LogP contribution in [0.4, 0.5) is 0 Å². The molecule has 0 aliphatic heterocycles. The van der Waals surface area contributed by atoms with Crippen molar-refractivity contribution in [3.8, 4) is 5.75 Å². The molecule has 1 heterocycles. The van der Waals surface area contributed by atoms with E-state index in [4.69, 9.17) is 0 Å². The van der Waals surface area contributed by atoms with E-state index < -0.39 is 5.97 Å². The van der Waals surface area contributed by atoms with Crippen molar-refractivity contribution in [2.45, 2.75) is 18.1 Å². The van der Waals surface area contributed by atoms with E-state index in [9.17, 15) is 9.90 Å². The fourth-order valence-corrected chi connectivity index (χ4v) is 3.00. The van der Waals surface area contributed by atoms with Crippen LogP contribution >= 0.6 is 23.1 Å². The maximum absolute atomic E-state index is 11.2. The zero-order valence-corrected chi connectivity index (χ0v) is 10.6. The predicted octanol–water partition coefficient (Wildman–Crippen LogP) is 2.99. The molecule has 0 saturated heterocycles. The number of thiophene rings is 1. The quantitative estimate of drug-likeness (QED) is 0.655. The summed E-state index contributed by atoms with van der Waals surface area (Å²) in [5, 5.41) is 9.49.